The van der Waals surface area contributed by atoms with Crippen LogP contribution < -0.4 is 10.6 Å². The molecule has 0 radical (unpaired) electrons. The van der Waals surface area contributed by atoms with Gasteiger partial charge in [0.1, 0.15) is 0 Å². The van der Waals surface area contributed by atoms with Gasteiger partial charge in [0.2, 0.25) is 5.91 Å². The van der Waals surface area contributed by atoms with Crippen LogP contribution in [0.2, 0.25) is 0 Å². The molecule has 86 valence electrons. The van der Waals surface area contributed by atoms with Crippen molar-refractivity contribution in [2.24, 2.45) is 0 Å². The Morgan fingerprint density at radius 1 is 1.27 bits per heavy atom. The minimum absolute atomic E-state index is 0.0773. The van der Waals surface area contributed by atoms with E-state index in [0.29, 0.717) is 13.0 Å². The molecule has 0 aliphatic heterocycles. The Hall–Kier alpha value is -1.01. The van der Waals surface area contributed by atoms with Crippen molar-refractivity contribution in [3.8, 4) is 11.8 Å². The lowest BCUT2D eigenvalue weighted by molar-refractivity contribution is -0.120. The molecule has 0 aromatic carbocycles. The fraction of sp³-hybridized carbons (Fsp3) is 0.750. The maximum absolute atomic E-state index is 11.3. The van der Waals surface area contributed by atoms with E-state index in [2.05, 4.69) is 43.2 Å². The van der Waals surface area contributed by atoms with E-state index in [0.717, 1.165) is 13.0 Å². The number of rotatable bonds is 5. The Morgan fingerprint density at radius 2 is 1.93 bits per heavy atom. The van der Waals surface area contributed by atoms with Gasteiger partial charge in [0.15, 0.2) is 0 Å². The maximum atomic E-state index is 11.3. The minimum atomic E-state index is 0.0773. The number of carbonyl (C=O) groups is 1. The Labute approximate surface area is 93.0 Å². The molecule has 3 nitrogen and oxygen atoms in total. The summed E-state index contributed by atoms with van der Waals surface area (Å²) in [6, 6.07) is 0. The molecular weight excluding hydrogens is 188 g/mol. The summed E-state index contributed by atoms with van der Waals surface area (Å²) in [4.78, 5) is 11.3. The molecule has 0 aromatic rings. The van der Waals surface area contributed by atoms with Crippen LogP contribution in [0.15, 0.2) is 0 Å². The molecule has 15 heavy (non-hydrogen) atoms. The van der Waals surface area contributed by atoms with Gasteiger partial charge in [-0.15, -0.1) is 11.8 Å². The van der Waals surface area contributed by atoms with Crippen molar-refractivity contribution in [1.82, 2.24) is 10.6 Å². The molecule has 0 spiro atoms. The van der Waals surface area contributed by atoms with Gasteiger partial charge in [-0.3, -0.25) is 4.79 Å². The third-order valence-corrected chi connectivity index (χ3v) is 1.76. The number of hydrogen-bond acceptors (Lipinski definition) is 2. The van der Waals surface area contributed by atoms with Gasteiger partial charge in [-0.05, 0) is 27.7 Å². The molecule has 0 atom stereocenters. The van der Waals surface area contributed by atoms with Gasteiger partial charge in [-0.1, -0.05) is 0 Å². The van der Waals surface area contributed by atoms with Crippen LogP contribution in [-0.4, -0.2) is 24.5 Å². The van der Waals surface area contributed by atoms with Crippen LogP contribution in [0, 0.1) is 11.8 Å². The number of carbonyl (C=O) groups excluding carboxylic acids is 1. The SMILES string of the molecule is CC#CCCNC(=O)CCNC(C)(C)C. The second kappa shape index (κ2) is 7.30. The van der Waals surface area contributed by atoms with Crippen molar-refractivity contribution < 1.29 is 4.79 Å². The molecule has 0 unspecified atom stereocenters. The molecule has 2 N–H and O–H groups in total. The van der Waals surface area contributed by atoms with Gasteiger partial charge in [-0.2, -0.15) is 0 Å². The van der Waals surface area contributed by atoms with Crippen molar-refractivity contribution in [3.05, 3.63) is 0 Å². The van der Waals surface area contributed by atoms with Crippen LogP contribution in [0.4, 0.5) is 0 Å². The first-order chi connectivity index (χ1) is 6.95. The predicted octanol–water partition coefficient (Wildman–Crippen LogP) is 1.29. The fourth-order valence-corrected chi connectivity index (χ4v) is 1.03. The Kier molecular flexibility index (Phi) is 6.81. The van der Waals surface area contributed by atoms with Crippen LogP contribution in [0.3, 0.4) is 0 Å². The van der Waals surface area contributed by atoms with Gasteiger partial charge in [0, 0.05) is 31.5 Å². The van der Waals surface area contributed by atoms with E-state index in [9.17, 15) is 4.79 Å². The standard InChI is InChI=1S/C12H22N2O/c1-5-6-7-9-13-11(15)8-10-14-12(2,3)4/h14H,7-10H2,1-4H3,(H,13,15). The number of amides is 1. The molecule has 0 rings (SSSR count). The van der Waals surface area contributed by atoms with E-state index in [1.54, 1.807) is 6.92 Å². The zero-order valence-corrected chi connectivity index (χ0v) is 10.2. The van der Waals surface area contributed by atoms with Crippen molar-refractivity contribution in [1.29, 1.82) is 0 Å². The highest BCUT2D eigenvalue weighted by molar-refractivity contribution is 5.76. The van der Waals surface area contributed by atoms with E-state index < -0.39 is 0 Å². The summed E-state index contributed by atoms with van der Waals surface area (Å²) in [5.41, 5.74) is 0.0773. The first-order valence-electron chi connectivity index (χ1n) is 5.37. The van der Waals surface area contributed by atoms with Crippen molar-refractivity contribution in [2.75, 3.05) is 13.1 Å². The van der Waals surface area contributed by atoms with Crippen LogP contribution in [0.1, 0.15) is 40.5 Å². The normalized spacial score (nSPS) is 10.4. The van der Waals surface area contributed by atoms with Gasteiger partial charge in [-0.25, -0.2) is 0 Å². The van der Waals surface area contributed by atoms with E-state index >= 15 is 0 Å². The largest absolute Gasteiger partial charge is 0.355 e. The highest BCUT2D eigenvalue weighted by Gasteiger charge is 2.08. The molecule has 1 amide bonds. The van der Waals surface area contributed by atoms with E-state index in [1.165, 1.54) is 0 Å². The van der Waals surface area contributed by atoms with Crippen LogP contribution >= 0.6 is 0 Å². The van der Waals surface area contributed by atoms with Gasteiger partial charge in [0.25, 0.3) is 0 Å². The van der Waals surface area contributed by atoms with Crippen LogP contribution in [-0.2, 0) is 4.79 Å². The summed E-state index contributed by atoms with van der Waals surface area (Å²) in [5.74, 6) is 5.78. The molecule has 3 heteroatoms. The molecule has 0 saturated heterocycles. The van der Waals surface area contributed by atoms with E-state index in [-0.39, 0.29) is 11.4 Å². The summed E-state index contributed by atoms with van der Waals surface area (Å²) in [5, 5.41) is 6.09. The minimum Gasteiger partial charge on any atom is -0.355 e. The highest BCUT2D eigenvalue weighted by atomic mass is 16.1. The monoisotopic (exact) mass is 210 g/mol. The zero-order valence-electron chi connectivity index (χ0n) is 10.2. The van der Waals surface area contributed by atoms with E-state index in [4.69, 9.17) is 0 Å². The molecule has 0 aliphatic rings. The van der Waals surface area contributed by atoms with E-state index in [1.807, 2.05) is 0 Å². The first kappa shape index (κ1) is 14.0. The molecular formula is C12H22N2O. The first-order valence-corrected chi connectivity index (χ1v) is 5.37. The van der Waals surface area contributed by atoms with Crippen molar-refractivity contribution in [2.45, 2.75) is 46.1 Å². The summed E-state index contributed by atoms with van der Waals surface area (Å²) < 4.78 is 0. The Morgan fingerprint density at radius 3 is 2.47 bits per heavy atom. The summed E-state index contributed by atoms with van der Waals surface area (Å²) >= 11 is 0. The third-order valence-electron chi connectivity index (χ3n) is 1.76. The number of nitrogens with one attached hydrogen (secondary N) is 2. The third kappa shape index (κ3) is 10.9. The second-order valence-corrected chi connectivity index (χ2v) is 4.45. The molecule has 0 saturated carbocycles. The Balaban J connectivity index is 3.44. The fourth-order valence-electron chi connectivity index (χ4n) is 1.03. The number of hydrogen-bond donors (Lipinski definition) is 2. The predicted molar refractivity (Wildman–Crippen MR) is 63.4 cm³/mol. The second-order valence-electron chi connectivity index (χ2n) is 4.45. The summed E-state index contributed by atoms with van der Waals surface area (Å²) in [7, 11) is 0. The summed E-state index contributed by atoms with van der Waals surface area (Å²) in [6.07, 6.45) is 1.26. The van der Waals surface area contributed by atoms with Crippen molar-refractivity contribution >= 4 is 5.91 Å². The van der Waals surface area contributed by atoms with Gasteiger partial charge >= 0.3 is 0 Å². The topological polar surface area (TPSA) is 41.1 Å². The Bertz CT molecular complexity index is 243. The van der Waals surface area contributed by atoms with Gasteiger partial charge in [0.05, 0.1) is 0 Å². The molecule has 0 aliphatic carbocycles. The molecule has 0 fully saturated rings. The van der Waals surface area contributed by atoms with Crippen LogP contribution in [0.5, 0.6) is 0 Å². The summed E-state index contributed by atoms with van der Waals surface area (Å²) in [6.45, 7) is 9.42. The molecule has 0 aromatic heterocycles. The average Bonchev–Trinajstić information content (AvgIpc) is 2.10. The maximum Gasteiger partial charge on any atom is 0.221 e. The molecule has 0 bridgehead atoms. The average molecular weight is 210 g/mol. The van der Waals surface area contributed by atoms with Crippen LogP contribution in [0.25, 0.3) is 0 Å². The van der Waals surface area contributed by atoms with Crippen molar-refractivity contribution in [3.63, 3.8) is 0 Å². The lowest BCUT2D eigenvalue weighted by atomic mass is 10.1. The quantitative estimate of drug-likeness (QED) is 0.530. The molecule has 0 heterocycles. The highest BCUT2D eigenvalue weighted by Crippen LogP contribution is 1.97. The smallest absolute Gasteiger partial charge is 0.221 e. The zero-order chi connectivity index (χ0) is 11.7. The lowest BCUT2D eigenvalue weighted by Gasteiger charge is -2.20. The lowest BCUT2D eigenvalue weighted by Crippen LogP contribution is -2.38. The van der Waals surface area contributed by atoms with Gasteiger partial charge < -0.3 is 10.6 Å².